The molecule has 29 heavy (non-hydrogen) atoms. The van der Waals surface area contributed by atoms with Crippen molar-refractivity contribution in [2.75, 3.05) is 13.2 Å². The Kier molecular flexibility index (Phi) is 7.12. The highest BCUT2D eigenvalue weighted by atomic mass is 35.5. The molecule has 0 spiro atoms. The van der Waals surface area contributed by atoms with Gasteiger partial charge in [-0.2, -0.15) is 0 Å². The molecule has 1 amide bonds. The zero-order valence-corrected chi connectivity index (χ0v) is 18.0. The van der Waals surface area contributed by atoms with Crippen LogP contribution in [-0.2, 0) is 11.4 Å². The Morgan fingerprint density at radius 2 is 1.93 bits per heavy atom. The van der Waals surface area contributed by atoms with Crippen LogP contribution in [0.15, 0.2) is 48.2 Å². The van der Waals surface area contributed by atoms with Crippen molar-refractivity contribution in [2.45, 2.75) is 26.9 Å². The molecule has 152 valence electrons. The lowest BCUT2D eigenvalue weighted by molar-refractivity contribution is -0.122. The second kappa shape index (κ2) is 9.76. The van der Waals surface area contributed by atoms with Gasteiger partial charge in [0.05, 0.1) is 6.61 Å². The maximum Gasteiger partial charge on any atom is 0.276 e. The van der Waals surface area contributed by atoms with E-state index in [1.807, 2.05) is 56.3 Å². The van der Waals surface area contributed by atoms with E-state index in [1.54, 1.807) is 11.0 Å². The predicted molar refractivity (Wildman–Crippen MR) is 119 cm³/mol. The Labute approximate surface area is 181 Å². The van der Waals surface area contributed by atoms with Crippen molar-refractivity contribution in [3.63, 3.8) is 0 Å². The minimum absolute atomic E-state index is 0.117. The standard InChI is InChI=1S/C22H23ClN2O3S/c1-3-11-25-21(26)18(24-22(25)29)12-15-9-10-19(20(13-15)27-4-2)28-14-16-7-5-6-8-17(16)23/h5-10,12-13H,3-4,11,14H2,1-2H3,(H,24,29)/b18-12-. The summed E-state index contributed by atoms with van der Waals surface area (Å²) < 4.78 is 11.7. The SMILES string of the molecule is CCCN1C(=O)/C(=C/c2ccc(OCc3ccccc3Cl)c(OCC)c2)NC1=S. The summed E-state index contributed by atoms with van der Waals surface area (Å²) >= 11 is 11.5. The fourth-order valence-electron chi connectivity index (χ4n) is 2.94. The molecule has 0 bridgehead atoms. The number of ether oxygens (including phenoxy) is 2. The maximum atomic E-state index is 12.5. The first kappa shape index (κ1) is 21.1. The molecule has 0 radical (unpaired) electrons. The van der Waals surface area contributed by atoms with Gasteiger partial charge in [-0.3, -0.25) is 9.69 Å². The fourth-order valence-corrected chi connectivity index (χ4v) is 3.41. The van der Waals surface area contributed by atoms with Crippen LogP contribution in [0.3, 0.4) is 0 Å². The Morgan fingerprint density at radius 1 is 1.14 bits per heavy atom. The summed E-state index contributed by atoms with van der Waals surface area (Å²) in [5, 5.41) is 4.08. The monoisotopic (exact) mass is 430 g/mol. The van der Waals surface area contributed by atoms with E-state index in [9.17, 15) is 4.79 Å². The largest absolute Gasteiger partial charge is 0.490 e. The smallest absolute Gasteiger partial charge is 0.276 e. The van der Waals surface area contributed by atoms with Crippen LogP contribution in [0.1, 0.15) is 31.4 Å². The topological polar surface area (TPSA) is 50.8 Å². The lowest BCUT2D eigenvalue weighted by Gasteiger charge is -2.13. The molecule has 1 aliphatic rings. The van der Waals surface area contributed by atoms with Crippen molar-refractivity contribution in [3.8, 4) is 11.5 Å². The number of benzene rings is 2. The molecule has 1 N–H and O–H groups in total. The van der Waals surface area contributed by atoms with Crippen molar-refractivity contribution in [1.29, 1.82) is 0 Å². The Bertz CT molecular complexity index is 945. The van der Waals surface area contributed by atoms with Crippen molar-refractivity contribution in [1.82, 2.24) is 10.2 Å². The highest BCUT2D eigenvalue weighted by Crippen LogP contribution is 2.31. The van der Waals surface area contributed by atoms with E-state index in [4.69, 9.17) is 33.3 Å². The first-order valence-electron chi connectivity index (χ1n) is 9.51. The Balaban J connectivity index is 1.80. The van der Waals surface area contributed by atoms with Gasteiger partial charge in [0.25, 0.3) is 5.91 Å². The van der Waals surface area contributed by atoms with Gasteiger partial charge in [-0.15, -0.1) is 0 Å². The van der Waals surface area contributed by atoms with Crippen molar-refractivity contribution < 1.29 is 14.3 Å². The van der Waals surface area contributed by atoms with Gasteiger partial charge in [-0.05, 0) is 55.4 Å². The molecule has 0 saturated carbocycles. The van der Waals surface area contributed by atoms with Crippen molar-refractivity contribution >= 4 is 40.9 Å². The fraction of sp³-hybridized carbons (Fsp3) is 0.273. The first-order chi connectivity index (χ1) is 14.0. The van der Waals surface area contributed by atoms with Crippen LogP contribution < -0.4 is 14.8 Å². The van der Waals surface area contributed by atoms with Crippen LogP contribution in [0.4, 0.5) is 0 Å². The number of amides is 1. The predicted octanol–water partition coefficient (Wildman–Crippen LogP) is 4.79. The van der Waals surface area contributed by atoms with Gasteiger partial charge in [0.15, 0.2) is 16.6 Å². The van der Waals surface area contributed by atoms with E-state index in [0.29, 0.717) is 47.1 Å². The number of hydrogen-bond acceptors (Lipinski definition) is 4. The van der Waals surface area contributed by atoms with Gasteiger partial charge in [-0.25, -0.2) is 0 Å². The summed E-state index contributed by atoms with van der Waals surface area (Å²) in [4.78, 5) is 14.1. The number of halogens is 1. The quantitative estimate of drug-likeness (QED) is 0.482. The third-order valence-electron chi connectivity index (χ3n) is 4.33. The molecule has 0 aromatic heterocycles. The van der Waals surface area contributed by atoms with E-state index in [0.717, 1.165) is 17.5 Å². The van der Waals surface area contributed by atoms with Crippen molar-refractivity contribution in [3.05, 3.63) is 64.3 Å². The zero-order valence-electron chi connectivity index (χ0n) is 16.4. The van der Waals surface area contributed by atoms with Gasteiger partial charge >= 0.3 is 0 Å². The van der Waals surface area contributed by atoms with Gasteiger partial charge in [0, 0.05) is 17.1 Å². The average molecular weight is 431 g/mol. The van der Waals surface area contributed by atoms with Gasteiger partial charge < -0.3 is 14.8 Å². The van der Waals surface area contributed by atoms with Crippen molar-refractivity contribution in [2.24, 2.45) is 0 Å². The molecular formula is C22H23ClN2O3S. The van der Waals surface area contributed by atoms with E-state index in [-0.39, 0.29) is 5.91 Å². The molecule has 1 aliphatic heterocycles. The lowest BCUT2D eigenvalue weighted by atomic mass is 10.1. The maximum absolute atomic E-state index is 12.5. The van der Waals surface area contributed by atoms with Crippen LogP contribution in [0, 0.1) is 0 Å². The average Bonchev–Trinajstić information content (AvgIpc) is 2.96. The molecular weight excluding hydrogens is 408 g/mol. The van der Waals surface area contributed by atoms with E-state index >= 15 is 0 Å². The van der Waals surface area contributed by atoms with E-state index < -0.39 is 0 Å². The van der Waals surface area contributed by atoms with Crippen LogP contribution in [0.5, 0.6) is 11.5 Å². The summed E-state index contributed by atoms with van der Waals surface area (Å²) in [6.07, 6.45) is 2.61. The molecule has 1 saturated heterocycles. The van der Waals surface area contributed by atoms with Gasteiger partial charge in [-0.1, -0.05) is 42.8 Å². The third-order valence-corrected chi connectivity index (χ3v) is 5.02. The normalized spacial score (nSPS) is 15.0. The Hall–Kier alpha value is -2.57. The van der Waals surface area contributed by atoms with Crippen LogP contribution in [0.2, 0.25) is 5.02 Å². The van der Waals surface area contributed by atoms with Crippen LogP contribution in [0.25, 0.3) is 6.08 Å². The second-order valence-electron chi connectivity index (χ2n) is 6.46. The van der Waals surface area contributed by atoms with Gasteiger partial charge in [0.2, 0.25) is 0 Å². The number of carbonyl (C=O) groups excluding carboxylic acids is 1. The minimum atomic E-state index is -0.117. The van der Waals surface area contributed by atoms with E-state index in [1.165, 1.54) is 0 Å². The Morgan fingerprint density at radius 3 is 2.66 bits per heavy atom. The van der Waals surface area contributed by atoms with E-state index in [2.05, 4.69) is 5.32 Å². The molecule has 2 aromatic rings. The number of nitrogens with zero attached hydrogens (tertiary/aromatic N) is 1. The minimum Gasteiger partial charge on any atom is -0.490 e. The first-order valence-corrected chi connectivity index (χ1v) is 10.3. The molecule has 1 heterocycles. The number of thiocarbonyl (C=S) groups is 1. The molecule has 0 unspecified atom stereocenters. The molecule has 2 aromatic carbocycles. The highest BCUT2D eigenvalue weighted by molar-refractivity contribution is 7.80. The zero-order chi connectivity index (χ0) is 20.8. The highest BCUT2D eigenvalue weighted by Gasteiger charge is 2.29. The molecule has 0 aliphatic carbocycles. The molecule has 1 fully saturated rings. The summed E-state index contributed by atoms with van der Waals surface area (Å²) in [5.41, 5.74) is 2.17. The lowest BCUT2D eigenvalue weighted by Crippen LogP contribution is -2.31. The number of hydrogen-bond donors (Lipinski definition) is 1. The summed E-state index contributed by atoms with van der Waals surface area (Å²) in [6, 6.07) is 13.1. The second-order valence-corrected chi connectivity index (χ2v) is 7.26. The third kappa shape index (κ3) is 5.08. The van der Waals surface area contributed by atoms with Gasteiger partial charge in [0.1, 0.15) is 12.3 Å². The molecule has 0 atom stereocenters. The summed E-state index contributed by atoms with van der Waals surface area (Å²) in [5.74, 6) is 1.10. The molecule has 7 heteroatoms. The number of rotatable bonds is 8. The summed E-state index contributed by atoms with van der Waals surface area (Å²) in [6.45, 7) is 5.34. The number of carbonyl (C=O) groups is 1. The van der Waals surface area contributed by atoms with Crippen LogP contribution >= 0.6 is 23.8 Å². The molecule has 5 nitrogen and oxygen atoms in total. The summed E-state index contributed by atoms with van der Waals surface area (Å²) in [7, 11) is 0. The number of nitrogens with one attached hydrogen (secondary N) is 1. The van der Waals surface area contributed by atoms with Crippen LogP contribution in [-0.4, -0.2) is 29.1 Å². The molecule has 3 rings (SSSR count).